The maximum atomic E-state index is 13.3. The molecule has 0 unspecified atom stereocenters. The largest absolute Gasteiger partial charge is 0.438 e. The number of hydrogen-bond donors (Lipinski definition) is 1. The van der Waals surface area contributed by atoms with Gasteiger partial charge in [-0.05, 0) is 48.6 Å². The smallest absolute Gasteiger partial charge is 0.231 e. The molecule has 5 rings (SSSR count). The van der Waals surface area contributed by atoms with Crippen LogP contribution in [0.4, 0.5) is 4.39 Å². The number of fused-ring (bicyclic) bond motifs is 2. The fourth-order valence-electron chi connectivity index (χ4n) is 3.76. The van der Waals surface area contributed by atoms with Gasteiger partial charge in [0.1, 0.15) is 22.7 Å². The van der Waals surface area contributed by atoms with Crippen LogP contribution >= 0.6 is 11.3 Å². The molecule has 0 amide bonds. The van der Waals surface area contributed by atoms with E-state index in [1.54, 1.807) is 12.1 Å². The number of aromatic nitrogens is 2. The average Bonchev–Trinajstić information content (AvgIpc) is 3.15. The molecule has 2 heterocycles. The summed E-state index contributed by atoms with van der Waals surface area (Å²) in [6.07, 6.45) is 3.60. The predicted molar refractivity (Wildman–Crippen MR) is 107 cm³/mol. The molecule has 2 aromatic carbocycles. The zero-order chi connectivity index (χ0) is 19.1. The first-order valence-electron chi connectivity index (χ1n) is 9.16. The minimum atomic E-state index is -0.450. The van der Waals surface area contributed by atoms with E-state index in [0.717, 1.165) is 51.7 Å². The molecule has 0 saturated carbocycles. The van der Waals surface area contributed by atoms with E-state index in [0.29, 0.717) is 11.6 Å². The van der Waals surface area contributed by atoms with Gasteiger partial charge in [-0.25, -0.2) is 14.4 Å². The zero-order valence-corrected chi connectivity index (χ0v) is 15.7. The summed E-state index contributed by atoms with van der Waals surface area (Å²) < 4.78 is 19.6. The topological polar surface area (TPSA) is 55.2 Å². The minimum absolute atomic E-state index is 0.273. The van der Waals surface area contributed by atoms with Crippen LogP contribution in [0.5, 0.6) is 11.6 Å². The molecule has 0 spiro atoms. The van der Waals surface area contributed by atoms with Crippen LogP contribution in [0.15, 0.2) is 54.2 Å². The molecule has 140 valence electrons. The van der Waals surface area contributed by atoms with Crippen molar-refractivity contribution < 1.29 is 14.2 Å². The van der Waals surface area contributed by atoms with Crippen LogP contribution in [-0.4, -0.2) is 15.1 Å². The van der Waals surface area contributed by atoms with Crippen molar-refractivity contribution in [3.8, 4) is 22.8 Å². The number of rotatable bonds is 3. The van der Waals surface area contributed by atoms with E-state index in [2.05, 4.69) is 9.97 Å². The van der Waals surface area contributed by atoms with Crippen molar-refractivity contribution in [3.63, 3.8) is 0 Å². The molecule has 4 nitrogen and oxygen atoms in total. The molecule has 0 fully saturated rings. The molecule has 6 heteroatoms. The van der Waals surface area contributed by atoms with Crippen LogP contribution in [0, 0.1) is 5.82 Å². The maximum Gasteiger partial charge on any atom is 0.231 e. The monoisotopic (exact) mass is 392 g/mol. The highest BCUT2D eigenvalue weighted by Crippen LogP contribution is 2.41. The SMILES string of the molecule is O[C@@H]1CCCc2c(Oc3ncnc4scc(-c5ccc(F)cc5)c34)cccc21. The second-order valence-corrected chi connectivity index (χ2v) is 7.71. The first-order valence-corrected chi connectivity index (χ1v) is 10.0. The Bertz CT molecular complexity index is 1160. The molecule has 0 aliphatic heterocycles. The molecule has 0 saturated heterocycles. The van der Waals surface area contributed by atoms with Gasteiger partial charge in [-0.3, -0.25) is 0 Å². The minimum Gasteiger partial charge on any atom is -0.438 e. The molecule has 2 aromatic heterocycles. The zero-order valence-electron chi connectivity index (χ0n) is 14.9. The van der Waals surface area contributed by atoms with Crippen molar-refractivity contribution in [1.82, 2.24) is 9.97 Å². The Morgan fingerprint density at radius 1 is 1.11 bits per heavy atom. The van der Waals surface area contributed by atoms with Crippen molar-refractivity contribution >= 4 is 21.6 Å². The van der Waals surface area contributed by atoms with Gasteiger partial charge in [-0.15, -0.1) is 11.3 Å². The molecule has 4 aromatic rings. The number of aliphatic hydroxyl groups is 1. The number of thiophene rings is 1. The van der Waals surface area contributed by atoms with Gasteiger partial charge in [-0.2, -0.15) is 0 Å². The van der Waals surface area contributed by atoms with Crippen molar-refractivity contribution in [2.75, 3.05) is 0 Å². The number of aliphatic hydroxyl groups excluding tert-OH is 1. The second kappa shape index (κ2) is 6.96. The molecule has 0 bridgehead atoms. The summed E-state index contributed by atoms with van der Waals surface area (Å²) in [5.74, 6) is 0.914. The predicted octanol–water partition coefficient (Wildman–Crippen LogP) is 5.66. The first-order chi connectivity index (χ1) is 13.7. The fraction of sp³-hybridized carbons (Fsp3) is 0.182. The van der Waals surface area contributed by atoms with Crippen LogP contribution in [0.1, 0.15) is 30.1 Å². The summed E-state index contributed by atoms with van der Waals surface area (Å²) in [6, 6.07) is 12.1. The van der Waals surface area contributed by atoms with Gasteiger partial charge in [0, 0.05) is 16.5 Å². The first kappa shape index (κ1) is 17.3. The van der Waals surface area contributed by atoms with E-state index < -0.39 is 6.10 Å². The van der Waals surface area contributed by atoms with Crippen LogP contribution in [0.3, 0.4) is 0 Å². The van der Waals surface area contributed by atoms with Crippen molar-refractivity contribution in [3.05, 3.63) is 71.1 Å². The maximum absolute atomic E-state index is 13.3. The number of nitrogens with zero attached hydrogens (tertiary/aromatic N) is 2. The van der Waals surface area contributed by atoms with Crippen LogP contribution in [-0.2, 0) is 6.42 Å². The summed E-state index contributed by atoms with van der Waals surface area (Å²) in [4.78, 5) is 9.56. The molecule has 1 atom stereocenters. The lowest BCUT2D eigenvalue weighted by atomic mass is 9.89. The molecule has 28 heavy (non-hydrogen) atoms. The summed E-state index contributed by atoms with van der Waals surface area (Å²) in [6.45, 7) is 0. The highest BCUT2D eigenvalue weighted by Gasteiger charge is 2.22. The molecule has 1 aliphatic carbocycles. The Labute approximate surface area is 165 Å². The van der Waals surface area contributed by atoms with E-state index in [1.165, 1.54) is 29.8 Å². The summed E-state index contributed by atoms with van der Waals surface area (Å²) >= 11 is 1.50. The van der Waals surface area contributed by atoms with E-state index in [1.807, 2.05) is 23.6 Å². The average molecular weight is 392 g/mol. The lowest BCUT2D eigenvalue weighted by Gasteiger charge is -2.23. The third kappa shape index (κ3) is 2.95. The number of benzene rings is 2. The Balaban J connectivity index is 1.62. The molecular weight excluding hydrogens is 375 g/mol. The second-order valence-electron chi connectivity index (χ2n) is 6.85. The Kier molecular flexibility index (Phi) is 4.30. The van der Waals surface area contributed by atoms with Crippen LogP contribution in [0.2, 0.25) is 0 Å². The van der Waals surface area contributed by atoms with Crippen LogP contribution in [0.25, 0.3) is 21.3 Å². The lowest BCUT2D eigenvalue weighted by Crippen LogP contribution is -2.10. The van der Waals surface area contributed by atoms with Gasteiger partial charge in [0.25, 0.3) is 0 Å². The van der Waals surface area contributed by atoms with E-state index >= 15 is 0 Å². The molecule has 0 radical (unpaired) electrons. The fourth-order valence-corrected chi connectivity index (χ4v) is 4.66. The molecule has 1 N–H and O–H groups in total. The van der Waals surface area contributed by atoms with E-state index in [-0.39, 0.29) is 5.82 Å². The van der Waals surface area contributed by atoms with E-state index in [4.69, 9.17) is 4.74 Å². The Morgan fingerprint density at radius 2 is 1.96 bits per heavy atom. The number of hydrogen-bond acceptors (Lipinski definition) is 5. The van der Waals surface area contributed by atoms with E-state index in [9.17, 15) is 9.50 Å². The summed E-state index contributed by atoms with van der Waals surface area (Å²) in [5, 5.41) is 13.1. The third-order valence-corrected chi connectivity index (χ3v) is 6.02. The Morgan fingerprint density at radius 3 is 2.82 bits per heavy atom. The molecule has 1 aliphatic rings. The number of ether oxygens (including phenoxy) is 1. The number of halogens is 1. The highest BCUT2D eigenvalue weighted by molar-refractivity contribution is 7.17. The van der Waals surface area contributed by atoms with Gasteiger partial charge in [0.2, 0.25) is 5.88 Å². The Hall–Kier alpha value is -2.83. The van der Waals surface area contributed by atoms with Gasteiger partial charge >= 0.3 is 0 Å². The highest BCUT2D eigenvalue weighted by atomic mass is 32.1. The van der Waals surface area contributed by atoms with Gasteiger partial charge < -0.3 is 9.84 Å². The van der Waals surface area contributed by atoms with Crippen LogP contribution < -0.4 is 4.74 Å². The summed E-state index contributed by atoms with van der Waals surface area (Å²) in [5.41, 5.74) is 3.77. The molecular formula is C22H17FN2O2S. The van der Waals surface area contributed by atoms with Gasteiger partial charge in [0.15, 0.2) is 0 Å². The third-order valence-electron chi connectivity index (χ3n) is 5.13. The normalized spacial score (nSPS) is 16.1. The summed E-state index contributed by atoms with van der Waals surface area (Å²) in [7, 11) is 0. The van der Waals surface area contributed by atoms with Gasteiger partial charge in [-0.1, -0.05) is 24.3 Å². The van der Waals surface area contributed by atoms with Crippen molar-refractivity contribution in [1.29, 1.82) is 0 Å². The van der Waals surface area contributed by atoms with Crippen molar-refractivity contribution in [2.24, 2.45) is 0 Å². The quantitative estimate of drug-likeness (QED) is 0.489. The standard InChI is InChI=1S/C22H17FN2O2S/c23-14-9-7-13(8-10-14)17-11-28-22-20(17)21(24-12-25-22)27-19-6-2-3-15-16(19)4-1-5-18(15)26/h2-3,6-12,18,26H,1,4-5H2/t18-/m1/s1. The van der Waals surface area contributed by atoms with Gasteiger partial charge in [0.05, 0.1) is 11.5 Å². The van der Waals surface area contributed by atoms with Crippen molar-refractivity contribution in [2.45, 2.75) is 25.4 Å². The lowest BCUT2D eigenvalue weighted by molar-refractivity contribution is 0.156.